The van der Waals surface area contributed by atoms with E-state index in [1.165, 1.54) is 12.1 Å². The van der Waals surface area contributed by atoms with Gasteiger partial charge in [0.05, 0.1) is 13.0 Å². The van der Waals surface area contributed by atoms with Gasteiger partial charge in [-0.1, -0.05) is 0 Å². The summed E-state index contributed by atoms with van der Waals surface area (Å²) in [6, 6.07) is 11.9. The average molecular weight is 341 g/mol. The number of H-pyrrole nitrogens is 1. The normalized spacial score (nSPS) is 10.8. The maximum absolute atomic E-state index is 13.2. The first-order valence-corrected chi connectivity index (χ1v) is 8.04. The van der Waals surface area contributed by atoms with Gasteiger partial charge in [0.2, 0.25) is 5.91 Å². The van der Waals surface area contributed by atoms with Gasteiger partial charge in [0.25, 0.3) is 0 Å². The molecule has 0 atom stereocenters. The van der Waals surface area contributed by atoms with Gasteiger partial charge in [-0.25, -0.2) is 4.39 Å². The molecule has 0 fully saturated rings. The van der Waals surface area contributed by atoms with Crippen LogP contribution in [0.25, 0.3) is 10.9 Å². The number of aromatic amines is 1. The third-order valence-electron chi connectivity index (χ3n) is 4.11. The zero-order valence-corrected chi connectivity index (χ0v) is 13.9. The predicted octanol–water partition coefficient (Wildman–Crippen LogP) is 2.92. The zero-order chi connectivity index (χ0) is 17.8. The average Bonchev–Trinajstić information content (AvgIpc) is 2.97. The number of anilines is 2. The first kappa shape index (κ1) is 17.0. The summed E-state index contributed by atoms with van der Waals surface area (Å²) in [5, 5.41) is 12.7. The van der Waals surface area contributed by atoms with Gasteiger partial charge in [-0.3, -0.25) is 4.79 Å². The lowest BCUT2D eigenvalue weighted by atomic mass is 10.1. The van der Waals surface area contributed by atoms with Gasteiger partial charge >= 0.3 is 0 Å². The van der Waals surface area contributed by atoms with E-state index < -0.39 is 0 Å². The van der Waals surface area contributed by atoms with Crippen molar-refractivity contribution in [1.82, 2.24) is 4.98 Å². The highest BCUT2D eigenvalue weighted by Crippen LogP contribution is 2.21. The van der Waals surface area contributed by atoms with Crippen LogP contribution in [0.2, 0.25) is 0 Å². The molecule has 0 saturated heterocycles. The third kappa shape index (κ3) is 3.97. The van der Waals surface area contributed by atoms with Crippen LogP contribution in [-0.4, -0.2) is 36.2 Å². The molecule has 0 saturated carbocycles. The highest BCUT2D eigenvalue weighted by atomic mass is 19.1. The highest BCUT2D eigenvalue weighted by Gasteiger charge is 2.10. The molecule has 6 heteroatoms. The zero-order valence-electron chi connectivity index (χ0n) is 13.9. The number of amides is 1. The molecule has 0 unspecified atom stereocenters. The van der Waals surface area contributed by atoms with Gasteiger partial charge in [-0.05, 0) is 48.0 Å². The van der Waals surface area contributed by atoms with Crippen LogP contribution >= 0.6 is 0 Å². The summed E-state index contributed by atoms with van der Waals surface area (Å²) in [4.78, 5) is 17.2. The Morgan fingerprint density at radius 1 is 1.24 bits per heavy atom. The summed E-state index contributed by atoms with van der Waals surface area (Å²) >= 11 is 0. The van der Waals surface area contributed by atoms with Crippen LogP contribution in [0.1, 0.15) is 5.56 Å². The van der Waals surface area contributed by atoms with Crippen molar-refractivity contribution in [2.45, 2.75) is 6.42 Å². The van der Waals surface area contributed by atoms with Crippen LogP contribution in [-0.2, 0) is 11.2 Å². The summed E-state index contributed by atoms with van der Waals surface area (Å²) in [5.74, 6) is -0.446. The molecule has 0 spiro atoms. The second kappa shape index (κ2) is 7.36. The molecule has 130 valence electrons. The molecular formula is C19H20FN3O2. The van der Waals surface area contributed by atoms with E-state index in [0.717, 1.165) is 16.6 Å². The number of halogens is 1. The molecule has 0 radical (unpaired) electrons. The van der Waals surface area contributed by atoms with Crippen molar-refractivity contribution in [3.63, 3.8) is 0 Å². The minimum Gasteiger partial charge on any atom is -0.395 e. The van der Waals surface area contributed by atoms with Gasteiger partial charge < -0.3 is 20.3 Å². The van der Waals surface area contributed by atoms with E-state index in [-0.39, 0.29) is 24.8 Å². The van der Waals surface area contributed by atoms with Crippen LogP contribution in [0.4, 0.5) is 15.8 Å². The number of likely N-dealkylation sites (N-methyl/N-ethyl adjacent to an activating group) is 1. The van der Waals surface area contributed by atoms with Gasteiger partial charge in [0.1, 0.15) is 5.82 Å². The number of aliphatic hydroxyl groups excluding tert-OH is 1. The fourth-order valence-corrected chi connectivity index (χ4v) is 2.76. The number of hydrogen-bond acceptors (Lipinski definition) is 3. The molecule has 1 aromatic heterocycles. The number of carbonyl (C=O) groups excluding carboxylic acids is 1. The van der Waals surface area contributed by atoms with E-state index in [1.54, 1.807) is 12.3 Å². The predicted molar refractivity (Wildman–Crippen MR) is 97.4 cm³/mol. The van der Waals surface area contributed by atoms with Crippen LogP contribution < -0.4 is 10.2 Å². The molecule has 3 rings (SSSR count). The fraction of sp³-hybridized carbons (Fsp3) is 0.211. The van der Waals surface area contributed by atoms with Crippen LogP contribution in [0.3, 0.4) is 0 Å². The molecule has 0 aliphatic heterocycles. The van der Waals surface area contributed by atoms with Crippen LogP contribution in [0.5, 0.6) is 0 Å². The number of nitrogens with zero attached hydrogens (tertiary/aromatic N) is 1. The summed E-state index contributed by atoms with van der Waals surface area (Å²) < 4.78 is 13.2. The molecule has 5 nitrogen and oxygen atoms in total. The Kier molecular flexibility index (Phi) is 5.00. The van der Waals surface area contributed by atoms with Gasteiger partial charge in [0, 0.05) is 42.1 Å². The smallest absolute Gasteiger partial charge is 0.228 e. The summed E-state index contributed by atoms with van der Waals surface area (Å²) in [7, 11) is 1.89. The standard InChI is InChI=1S/C19H20FN3O2/c1-23(8-9-24)16-5-3-15(4-6-16)22-19(25)10-13-12-21-18-11-14(20)2-7-17(13)18/h2-7,11-12,21,24H,8-10H2,1H3,(H,22,25). The molecule has 1 heterocycles. The summed E-state index contributed by atoms with van der Waals surface area (Å²) in [6.07, 6.45) is 1.94. The van der Waals surface area contributed by atoms with Crippen LogP contribution in [0, 0.1) is 5.82 Å². The van der Waals surface area contributed by atoms with Gasteiger partial charge in [0.15, 0.2) is 0 Å². The van der Waals surface area contributed by atoms with Crippen molar-refractivity contribution in [2.75, 3.05) is 30.4 Å². The molecule has 1 amide bonds. The molecule has 0 aliphatic rings. The Balaban J connectivity index is 1.65. The molecule has 0 aliphatic carbocycles. The Morgan fingerprint density at radius 2 is 2.00 bits per heavy atom. The number of aromatic nitrogens is 1. The molecule has 25 heavy (non-hydrogen) atoms. The molecule has 2 aromatic carbocycles. The van der Waals surface area contributed by atoms with E-state index >= 15 is 0 Å². The molecule has 0 bridgehead atoms. The van der Waals surface area contributed by atoms with Crippen molar-refractivity contribution in [3.05, 3.63) is 60.0 Å². The lowest BCUT2D eigenvalue weighted by molar-refractivity contribution is -0.115. The number of hydrogen-bond donors (Lipinski definition) is 3. The topological polar surface area (TPSA) is 68.4 Å². The first-order valence-electron chi connectivity index (χ1n) is 8.04. The lowest BCUT2D eigenvalue weighted by Crippen LogP contribution is -2.21. The van der Waals surface area contributed by atoms with E-state index in [2.05, 4.69) is 10.3 Å². The number of carbonyl (C=O) groups is 1. The largest absolute Gasteiger partial charge is 0.395 e. The third-order valence-corrected chi connectivity index (χ3v) is 4.11. The highest BCUT2D eigenvalue weighted by molar-refractivity contribution is 5.95. The fourth-order valence-electron chi connectivity index (χ4n) is 2.76. The maximum atomic E-state index is 13.2. The number of fused-ring (bicyclic) bond motifs is 1. The van der Waals surface area contributed by atoms with Gasteiger partial charge in [-0.2, -0.15) is 0 Å². The summed E-state index contributed by atoms with van der Waals surface area (Å²) in [6.45, 7) is 0.635. The number of benzene rings is 2. The lowest BCUT2D eigenvalue weighted by Gasteiger charge is -2.18. The van der Waals surface area contributed by atoms with Crippen molar-refractivity contribution >= 4 is 28.2 Å². The van der Waals surface area contributed by atoms with Gasteiger partial charge in [-0.15, -0.1) is 0 Å². The second-order valence-corrected chi connectivity index (χ2v) is 5.92. The minimum absolute atomic E-state index is 0.0868. The van der Waals surface area contributed by atoms with Crippen molar-refractivity contribution < 1.29 is 14.3 Å². The Morgan fingerprint density at radius 3 is 2.72 bits per heavy atom. The Bertz CT molecular complexity index is 874. The maximum Gasteiger partial charge on any atom is 0.228 e. The number of aliphatic hydroxyl groups is 1. The van der Waals surface area contributed by atoms with E-state index in [4.69, 9.17) is 5.11 Å². The SMILES string of the molecule is CN(CCO)c1ccc(NC(=O)Cc2c[nH]c3cc(F)ccc23)cc1. The quantitative estimate of drug-likeness (QED) is 0.646. The summed E-state index contributed by atoms with van der Waals surface area (Å²) in [5.41, 5.74) is 3.17. The molecule has 3 N–H and O–H groups in total. The number of rotatable bonds is 6. The second-order valence-electron chi connectivity index (χ2n) is 5.92. The Labute approximate surface area is 145 Å². The van der Waals surface area contributed by atoms with E-state index in [9.17, 15) is 9.18 Å². The molecule has 3 aromatic rings. The minimum atomic E-state index is -0.309. The van der Waals surface area contributed by atoms with Crippen molar-refractivity contribution in [1.29, 1.82) is 0 Å². The van der Waals surface area contributed by atoms with E-state index in [0.29, 0.717) is 17.7 Å². The molecular weight excluding hydrogens is 321 g/mol. The van der Waals surface area contributed by atoms with E-state index in [1.807, 2.05) is 36.2 Å². The monoisotopic (exact) mass is 341 g/mol. The van der Waals surface area contributed by atoms with Crippen LogP contribution in [0.15, 0.2) is 48.7 Å². The number of nitrogens with one attached hydrogen (secondary N) is 2. The van der Waals surface area contributed by atoms with Crippen molar-refractivity contribution in [2.24, 2.45) is 0 Å². The first-order chi connectivity index (χ1) is 12.1. The Hall–Kier alpha value is -2.86. The van der Waals surface area contributed by atoms with Crippen molar-refractivity contribution in [3.8, 4) is 0 Å².